The fourth-order valence-corrected chi connectivity index (χ4v) is 2.69. The van der Waals surface area contributed by atoms with E-state index in [9.17, 15) is 34.2 Å². The monoisotopic (exact) mass is 435 g/mol. The van der Waals surface area contributed by atoms with Crippen molar-refractivity contribution < 1.29 is 34.2 Å². The second-order valence-corrected chi connectivity index (χ2v) is 7.22. The van der Waals surface area contributed by atoms with Gasteiger partial charge in [0, 0.05) is 6.42 Å². The number of carbonyl (C=O) groups excluding carboxylic acids is 4. The summed E-state index contributed by atoms with van der Waals surface area (Å²) in [6.07, 6.45) is 0.178. The number of thioether (sulfide) groups is 1. The Balaban J connectivity index is 5.34. The van der Waals surface area contributed by atoms with Crippen LogP contribution in [0.2, 0.25) is 0 Å². The fourth-order valence-electron chi connectivity index (χ4n) is 2.22. The van der Waals surface area contributed by atoms with Gasteiger partial charge >= 0.3 is 5.97 Å². The number of hydrogen-bond acceptors (Lipinski definition) is 8. The molecule has 0 aliphatic rings. The maximum absolute atomic E-state index is 12.5. The fraction of sp³-hybridized carbons (Fsp3) is 0.688. The van der Waals surface area contributed by atoms with Gasteiger partial charge in [-0.15, -0.1) is 0 Å². The molecule has 0 aliphatic carbocycles. The van der Waals surface area contributed by atoms with Crippen molar-refractivity contribution in [2.75, 3.05) is 18.6 Å². The van der Waals surface area contributed by atoms with Gasteiger partial charge < -0.3 is 37.6 Å². The van der Waals surface area contributed by atoms with Gasteiger partial charge in [-0.05, 0) is 31.8 Å². The molecule has 0 rings (SSSR count). The van der Waals surface area contributed by atoms with Crippen molar-refractivity contribution in [2.45, 2.75) is 50.4 Å². The molecule has 0 bridgehead atoms. The highest BCUT2D eigenvalue weighted by molar-refractivity contribution is 7.98. The molecule has 0 fully saturated rings. The lowest BCUT2D eigenvalue weighted by molar-refractivity contribution is -0.142. The summed E-state index contributed by atoms with van der Waals surface area (Å²) in [4.78, 5) is 58.8. The van der Waals surface area contributed by atoms with Gasteiger partial charge in [-0.3, -0.25) is 19.2 Å². The first-order chi connectivity index (χ1) is 13.5. The van der Waals surface area contributed by atoms with E-state index in [1.54, 1.807) is 6.26 Å². The Morgan fingerprint density at radius 3 is 2.03 bits per heavy atom. The number of rotatable bonds is 14. The number of carbonyl (C=O) groups is 5. The van der Waals surface area contributed by atoms with Crippen LogP contribution in [0.15, 0.2) is 0 Å². The number of amides is 4. The molecule has 13 heteroatoms. The zero-order valence-corrected chi connectivity index (χ0v) is 17.2. The Hall–Kier alpha value is -2.38. The molecular formula is C16H29N5O7S. The highest BCUT2D eigenvalue weighted by Gasteiger charge is 2.31. The van der Waals surface area contributed by atoms with Crippen LogP contribution in [0.4, 0.5) is 0 Å². The van der Waals surface area contributed by atoms with E-state index in [2.05, 4.69) is 16.0 Å². The second-order valence-electron chi connectivity index (χ2n) is 6.24. The lowest BCUT2D eigenvalue weighted by Gasteiger charge is -2.25. The Morgan fingerprint density at radius 2 is 1.59 bits per heavy atom. The molecule has 0 saturated heterocycles. The summed E-state index contributed by atoms with van der Waals surface area (Å²) in [6, 6.07) is -3.89. The van der Waals surface area contributed by atoms with Crippen molar-refractivity contribution in [3.63, 3.8) is 0 Å². The number of hydrogen-bond donors (Lipinski definition) is 7. The Labute approximate surface area is 172 Å². The van der Waals surface area contributed by atoms with E-state index in [0.717, 1.165) is 0 Å². The molecular weight excluding hydrogens is 406 g/mol. The first-order valence-electron chi connectivity index (χ1n) is 8.81. The molecule has 4 atom stereocenters. The number of aliphatic carboxylic acids is 1. The van der Waals surface area contributed by atoms with Crippen molar-refractivity contribution >= 4 is 41.4 Å². The Bertz CT molecular complexity index is 602. The number of nitrogens with two attached hydrogens (primary N) is 2. The topological polar surface area (TPSA) is 214 Å². The maximum Gasteiger partial charge on any atom is 0.326 e. The summed E-state index contributed by atoms with van der Waals surface area (Å²) in [6.45, 7) is 0.834. The molecule has 4 unspecified atom stereocenters. The van der Waals surface area contributed by atoms with Crippen LogP contribution < -0.4 is 27.4 Å². The zero-order chi connectivity index (χ0) is 22.6. The van der Waals surface area contributed by atoms with Crippen molar-refractivity contribution in [1.29, 1.82) is 0 Å². The van der Waals surface area contributed by atoms with Crippen molar-refractivity contribution in [1.82, 2.24) is 16.0 Å². The first-order valence-corrected chi connectivity index (χ1v) is 10.2. The van der Waals surface area contributed by atoms with Crippen LogP contribution in [-0.4, -0.2) is 82.6 Å². The third-order valence-corrected chi connectivity index (χ3v) is 4.45. The molecule has 0 saturated carbocycles. The lowest BCUT2D eigenvalue weighted by atomic mass is 10.1. The van der Waals surface area contributed by atoms with E-state index in [1.165, 1.54) is 18.7 Å². The number of aliphatic hydroxyl groups excluding tert-OH is 1. The maximum atomic E-state index is 12.5. The van der Waals surface area contributed by atoms with E-state index < -0.39 is 60.4 Å². The third kappa shape index (κ3) is 10.7. The lowest BCUT2D eigenvalue weighted by Crippen LogP contribution is -2.58. The summed E-state index contributed by atoms with van der Waals surface area (Å²) in [7, 11) is 0. The van der Waals surface area contributed by atoms with E-state index in [-0.39, 0.29) is 19.3 Å². The first kappa shape index (κ1) is 26.6. The van der Waals surface area contributed by atoms with Crippen LogP contribution in [0.25, 0.3) is 0 Å². The summed E-state index contributed by atoms with van der Waals surface area (Å²) in [5.74, 6) is -3.93. The van der Waals surface area contributed by atoms with Gasteiger partial charge in [0.25, 0.3) is 0 Å². The van der Waals surface area contributed by atoms with Crippen LogP contribution >= 0.6 is 11.8 Å². The van der Waals surface area contributed by atoms with Crippen LogP contribution in [0.5, 0.6) is 0 Å². The average molecular weight is 436 g/mol. The SMILES string of the molecule is CSCCC(NC(=O)C(CCC(N)=O)NC(=O)C(NC(=O)CN)C(C)O)C(=O)O. The van der Waals surface area contributed by atoms with Crippen LogP contribution in [-0.2, 0) is 24.0 Å². The predicted octanol–water partition coefficient (Wildman–Crippen LogP) is -3.12. The van der Waals surface area contributed by atoms with Crippen molar-refractivity contribution in [2.24, 2.45) is 11.5 Å². The van der Waals surface area contributed by atoms with E-state index in [4.69, 9.17) is 11.5 Å². The average Bonchev–Trinajstić information content (AvgIpc) is 2.64. The number of nitrogens with one attached hydrogen (secondary N) is 3. The molecule has 0 aromatic heterocycles. The van der Waals surface area contributed by atoms with Gasteiger partial charge in [-0.1, -0.05) is 0 Å². The highest BCUT2D eigenvalue weighted by Crippen LogP contribution is 2.05. The number of carboxylic acids is 1. The summed E-state index contributed by atoms with van der Waals surface area (Å²) >= 11 is 1.40. The molecule has 0 radical (unpaired) electrons. The van der Waals surface area contributed by atoms with Crippen molar-refractivity contribution in [3.05, 3.63) is 0 Å². The standard InChI is InChI=1S/C16H29N5O7S/c1-8(22)13(21-12(24)7-17)15(26)19-9(3-4-11(18)23)14(25)20-10(16(27)28)5-6-29-2/h8-10,13,22H,3-7,17H2,1-2H3,(H2,18,23)(H,19,26)(H,20,25)(H,21,24)(H,27,28). The molecule has 4 amide bonds. The van der Waals surface area contributed by atoms with Crippen LogP contribution in [0.3, 0.4) is 0 Å². The minimum Gasteiger partial charge on any atom is -0.480 e. The molecule has 0 aliphatic heterocycles. The Kier molecular flexibility index (Phi) is 12.6. The predicted molar refractivity (Wildman–Crippen MR) is 106 cm³/mol. The van der Waals surface area contributed by atoms with Crippen LogP contribution in [0.1, 0.15) is 26.2 Å². The van der Waals surface area contributed by atoms with Crippen molar-refractivity contribution in [3.8, 4) is 0 Å². The van der Waals surface area contributed by atoms with Gasteiger partial charge in [0.1, 0.15) is 18.1 Å². The van der Waals surface area contributed by atoms with Gasteiger partial charge in [0.15, 0.2) is 0 Å². The van der Waals surface area contributed by atoms with Gasteiger partial charge in [0.05, 0.1) is 12.6 Å². The molecule has 9 N–H and O–H groups in total. The minimum atomic E-state index is -1.40. The zero-order valence-electron chi connectivity index (χ0n) is 16.3. The summed E-state index contributed by atoms with van der Waals surface area (Å²) in [5, 5.41) is 25.8. The van der Waals surface area contributed by atoms with Gasteiger partial charge in [0.2, 0.25) is 23.6 Å². The van der Waals surface area contributed by atoms with E-state index in [0.29, 0.717) is 5.75 Å². The van der Waals surface area contributed by atoms with E-state index >= 15 is 0 Å². The molecule has 0 spiro atoms. The van der Waals surface area contributed by atoms with Gasteiger partial charge in [-0.25, -0.2) is 4.79 Å². The normalized spacial score (nSPS) is 14.8. The Morgan fingerprint density at radius 1 is 1.00 bits per heavy atom. The largest absolute Gasteiger partial charge is 0.480 e. The quantitative estimate of drug-likeness (QED) is 0.147. The molecule has 12 nitrogen and oxygen atoms in total. The summed E-state index contributed by atoms with van der Waals surface area (Å²) in [5.41, 5.74) is 10.3. The molecule has 0 heterocycles. The smallest absolute Gasteiger partial charge is 0.326 e. The second kappa shape index (κ2) is 13.7. The van der Waals surface area contributed by atoms with Gasteiger partial charge in [-0.2, -0.15) is 11.8 Å². The summed E-state index contributed by atoms with van der Waals surface area (Å²) < 4.78 is 0. The molecule has 166 valence electrons. The minimum absolute atomic E-state index is 0.154. The van der Waals surface area contributed by atoms with E-state index in [1.807, 2.05) is 0 Å². The number of carboxylic acid groups (broad SMARTS) is 1. The molecule has 0 aromatic carbocycles. The molecule has 29 heavy (non-hydrogen) atoms. The number of aliphatic hydroxyl groups is 1. The third-order valence-electron chi connectivity index (χ3n) is 3.80. The highest BCUT2D eigenvalue weighted by atomic mass is 32.2. The number of primary amides is 1. The molecule has 0 aromatic rings. The van der Waals surface area contributed by atoms with Crippen LogP contribution in [0, 0.1) is 0 Å².